The molecule has 0 bridgehead atoms. The molecule has 5 heteroatoms. The fourth-order valence-electron chi connectivity index (χ4n) is 1.73. The topological polar surface area (TPSA) is 66.6 Å². The van der Waals surface area contributed by atoms with Crippen LogP contribution in [0.25, 0.3) is 0 Å². The number of hydrogen-bond acceptors (Lipinski definition) is 3. The fourth-order valence-corrected chi connectivity index (χ4v) is 1.93. The summed E-state index contributed by atoms with van der Waals surface area (Å²) in [7, 11) is 0. The van der Waals surface area contributed by atoms with Crippen LogP contribution in [0.5, 0.6) is 5.75 Å². The zero-order chi connectivity index (χ0) is 11.7. The van der Waals surface area contributed by atoms with Gasteiger partial charge >= 0.3 is 0 Å². The van der Waals surface area contributed by atoms with E-state index in [1.54, 1.807) is 4.90 Å². The summed E-state index contributed by atoms with van der Waals surface area (Å²) in [5.74, 6) is 0.286. The fraction of sp³-hybridized carbons (Fsp3) is 0.364. The smallest absolute Gasteiger partial charge is 0.255 e. The minimum atomic E-state index is -0.148. The maximum absolute atomic E-state index is 12.0. The highest BCUT2D eigenvalue weighted by molar-refractivity contribution is 6.33. The van der Waals surface area contributed by atoms with Crippen molar-refractivity contribution < 1.29 is 9.90 Å². The summed E-state index contributed by atoms with van der Waals surface area (Å²) in [6.45, 7) is 1.93. The highest BCUT2D eigenvalue weighted by atomic mass is 35.5. The maximum Gasteiger partial charge on any atom is 0.255 e. The van der Waals surface area contributed by atoms with Gasteiger partial charge in [0, 0.05) is 19.0 Å². The van der Waals surface area contributed by atoms with Gasteiger partial charge in [0.25, 0.3) is 5.91 Å². The minimum Gasteiger partial charge on any atom is -0.508 e. The Hall–Kier alpha value is -1.26. The summed E-state index contributed by atoms with van der Waals surface area (Å²) >= 11 is 5.90. The molecule has 1 aliphatic heterocycles. The minimum absolute atomic E-state index is 0.0450. The largest absolute Gasteiger partial charge is 0.508 e. The predicted molar refractivity (Wildman–Crippen MR) is 61.6 cm³/mol. The molecule has 16 heavy (non-hydrogen) atoms. The lowest BCUT2D eigenvalue weighted by Gasteiger charge is -2.38. The van der Waals surface area contributed by atoms with Crippen molar-refractivity contribution in [3.8, 4) is 5.75 Å². The molecule has 1 amide bonds. The molecule has 0 spiro atoms. The monoisotopic (exact) mass is 240 g/mol. The first-order chi connectivity index (χ1) is 7.61. The molecule has 2 rings (SSSR count). The Bertz CT molecular complexity index is 416. The summed E-state index contributed by atoms with van der Waals surface area (Å²) in [5, 5.41) is 9.67. The Morgan fingerprint density at radius 2 is 2.25 bits per heavy atom. The van der Waals surface area contributed by atoms with Crippen LogP contribution in [0.1, 0.15) is 10.4 Å². The lowest BCUT2D eigenvalue weighted by Crippen LogP contribution is -2.52. The first kappa shape index (κ1) is 11.2. The molecule has 0 aliphatic carbocycles. The summed E-state index contributed by atoms with van der Waals surface area (Å²) in [6, 6.07) is 4.36. The molecule has 4 nitrogen and oxygen atoms in total. The van der Waals surface area contributed by atoms with Crippen molar-refractivity contribution in [3.05, 3.63) is 28.8 Å². The average molecular weight is 241 g/mol. The second-order valence-corrected chi connectivity index (χ2v) is 4.38. The average Bonchev–Trinajstić information content (AvgIpc) is 2.20. The van der Waals surface area contributed by atoms with E-state index in [1.165, 1.54) is 18.2 Å². The van der Waals surface area contributed by atoms with E-state index in [1.807, 2.05) is 0 Å². The molecule has 1 aromatic rings. The van der Waals surface area contributed by atoms with Crippen LogP contribution in [0.2, 0.25) is 5.02 Å². The van der Waals surface area contributed by atoms with Crippen LogP contribution in [0, 0.1) is 5.92 Å². The highest BCUT2D eigenvalue weighted by Crippen LogP contribution is 2.25. The number of halogens is 1. The van der Waals surface area contributed by atoms with Gasteiger partial charge in [0.15, 0.2) is 0 Å². The first-order valence-corrected chi connectivity index (χ1v) is 5.47. The van der Waals surface area contributed by atoms with Gasteiger partial charge in [0.05, 0.1) is 10.6 Å². The van der Waals surface area contributed by atoms with E-state index in [0.717, 1.165) is 0 Å². The van der Waals surface area contributed by atoms with Crippen molar-refractivity contribution in [1.29, 1.82) is 0 Å². The Labute approximate surface area is 98.6 Å². The standard InChI is InChI=1S/C11H13ClN2O2/c12-10-2-1-8(15)3-9(10)11(16)14-5-7(4-13)6-14/h1-3,7,15H,4-6,13H2. The number of rotatable bonds is 2. The molecule has 1 saturated heterocycles. The van der Waals surface area contributed by atoms with Crippen LogP contribution < -0.4 is 5.73 Å². The number of carbonyl (C=O) groups excluding carboxylic acids is 1. The van der Waals surface area contributed by atoms with E-state index in [-0.39, 0.29) is 11.7 Å². The number of hydrogen-bond donors (Lipinski definition) is 2. The normalized spacial score (nSPS) is 16.0. The van der Waals surface area contributed by atoms with Gasteiger partial charge in [-0.3, -0.25) is 4.79 Å². The van der Waals surface area contributed by atoms with Gasteiger partial charge in [-0.2, -0.15) is 0 Å². The zero-order valence-corrected chi connectivity index (χ0v) is 9.44. The molecule has 1 aromatic carbocycles. The van der Waals surface area contributed by atoms with Crippen LogP contribution in [-0.2, 0) is 0 Å². The molecule has 1 heterocycles. The molecular weight excluding hydrogens is 228 g/mol. The lowest BCUT2D eigenvalue weighted by molar-refractivity contribution is 0.0515. The third kappa shape index (κ3) is 1.99. The number of nitrogens with zero attached hydrogens (tertiary/aromatic N) is 1. The van der Waals surface area contributed by atoms with E-state index in [9.17, 15) is 9.90 Å². The third-order valence-corrected chi connectivity index (χ3v) is 3.09. The maximum atomic E-state index is 12.0. The van der Waals surface area contributed by atoms with Gasteiger partial charge in [-0.15, -0.1) is 0 Å². The molecule has 0 saturated carbocycles. The van der Waals surface area contributed by atoms with Crippen LogP contribution >= 0.6 is 11.6 Å². The van der Waals surface area contributed by atoms with Gasteiger partial charge in [-0.1, -0.05) is 11.6 Å². The lowest BCUT2D eigenvalue weighted by atomic mass is 9.99. The van der Waals surface area contributed by atoms with Gasteiger partial charge in [0.2, 0.25) is 0 Å². The molecule has 3 N–H and O–H groups in total. The van der Waals surface area contributed by atoms with E-state index < -0.39 is 0 Å². The number of carbonyl (C=O) groups is 1. The summed E-state index contributed by atoms with van der Waals surface area (Å²) in [6.07, 6.45) is 0. The number of amides is 1. The van der Waals surface area contributed by atoms with E-state index in [2.05, 4.69) is 0 Å². The molecule has 86 valence electrons. The van der Waals surface area contributed by atoms with E-state index in [4.69, 9.17) is 17.3 Å². The molecule has 0 unspecified atom stereocenters. The number of aromatic hydroxyl groups is 1. The Morgan fingerprint density at radius 3 is 2.88 bits per heavy atom. The predicted octanol–water partition coefficient (Wildman–Crippen LogP) is 1.08. The van der Waals surface area contributed by atoms with Crippen molar-refractivity contribution in [3.63, 3.8) is 0 Å². The number of phenols is 1. The Morgan fingerprint density at radius 1 is 1.56 bits per heavy atom. The Kier molecular flexibility index (Phi) is 3.03. The van der Waals surface area contributed by atoms with Gasteiger partial charge in [-0.05, 0) is 24.7 Å². The van der Waals surface area contributed by atoms with Gasteiger partial charge in [0.1, 0.15) is 5.75 Å². The number of nitrogens with two attached hydrogens (primary N) is 1. The molecule has 0 atom stereocenters. The van der Waals surface area contributed by atoms with Crippen LogP contribution in [0.3, 0.4) is 0 Å². The molecule has 1 aliphatic rings. The molecule has 0 radical (unpaired) electrons. The zero-order valence-electron chi connectivity index (χ0n) is 8.69. The summed E-state index contributed by atoms with van der Waals surface area (Å²) in [4.78, 5) is 13.6. The van der Waals surface area contributed by atoms with Crippen molar-refractivity contribution in [2.75, 3.05) is 19.6 Å². The Balaban J connectivity index is 2.13. The summed E-state index contributed by atoms with van der Waals surface area (Å²) in [5.41, 5.74) is 5.83. The van der Waals surface area contributed by atoms with Crippen LogP contribution in [0.4, 0.5) is 0 Å². The van der Waals surface area contributed by atoms with Crippen molar-refractivity contribution >= 4 is 17.5 Å². The van der Waals surface area contributed by atoms with Crippen molar-refractivity contribution in [2.24, 2.45) is 11.7 Å². The third-order valence-electron chi connectivity index (χ3n) is 2.76. The molecular formula is C11H13ClN2O2. The van der Waals surface area contributed by atoms with Crippen LogP contribution in [-0.4, -0.2) is 35.5 Å². The second kappa shape index (κ2) is 4.31. The number of benzene rings is 1. The number of phenolic OH excluding ortho intramolecular Hbond substituents is 1. The van der Waals surface area contributed by atoms with Gasteiger partial charge in [-0.25, -0.2) is 0 Å². The molecule has 0 aromatic heterocycles. The van der Waals surface area contributed by atoms with Crippen molar-refractivity contribution in [2.45, 2.75) is 0 Å². The quantitative estimate of drug-likeness (QED) is 0.813. The van der Waals surface area contributed by atoms with Crippen molar-refractivity contribution in [1.82, 2.24) is 4.90 Å². The second-order valence-electron chi connectivity index (χ2n) is 3.98. The van der Waals surface area contributed by atoms with E-state index in [0.29, 0.717) is 36.1 Å². The van der Waals surface area contributed by atoms with Crippen LogP contribution in [0.15, 0.2) is 18.2 Å². The van der Waals surface area contributed by atoms with E-state index >= 15 is 0 Å². The summed E-state index contributed by atoms with van der Waals surface area (Å²) < 4.78 is 0. The highest BCUT2D eigenvalue weighted by Gasteiger charge is 2.30. The van der Waals surface area contributed by atoms with Gasteiger partial charge < -0.3 is 15.7 Å². The molecule has 1 fully saturated rings. The SMILES string of the molecule is NCC1CN(C(=O)c2cc(O)ccc2Cl)C1. The first-order valence-electron chi connectivity index (χ1n) is 5.09. The number of likely N-dealkylation sites (tertiary alicyclic amines) is 1.